The molecule has 2 aromatic heterocycles. The molecule has 1 N–H and O–H groups in total. The van der Waals surface area contributed by atoms with E-state index in [-0.39, 0.29) is 0 Å². The molecule has 0 saturated heterocycles. The van der Waals surface area contributed by atoms with Gasteiger partial charge in [0.1, 0.15) is 17.7 Å². The second-order valence-corrected chi connectivity index (χ2v) is 2.86. The molecule has 2 aromatic rings. The molecular formula is C7H8N4S. The summed E-state index contributed by atoms with van der Waals surface area (Å²) in [6.45, 7) is 0. The van der Waals surface area contributed by atoms with Gasteiger partial charge in [0, 0.05) is 6.42 Å². The van der Waals surface area contributed by atoms with E-state index in [1.807, 2.05) is 0 Å². The number of hydrogen-bond donors (Lipinski definition) is 2. The first kappa shape index (κ1) is 7.54. The molecule has 2 heterocycles. The van der Waals surface area contributed by atoms with E-state index >= 15 is 0 Å². The summed E-state index contributed by atoms with van der Waals surface area (Å²) >= 11 is 4.12. The molecule has 12 heavy (non-hydrogen) atoms. The van der Waals surface area contributed by atoms with E-state index in [9.17, 15) is 0 Å². The van der Waals surface area contributed by atoms with Gasteiger partial charge in [0.25, 0.3) is 0 Å². The Kier molecular flexibility index (Phi) is 1.95. The molecule has 0 bridgehead atoms. The van der Waals surface area contributed by atoms with Crippen molar-refractivity contribution >= 4 is 23.8 Å². The Labute approximate surface area is 74.9 Å². The van der Waals surface area contributed by atoms with Gasteiger partial charge in [-0.3, -0.25) is 0 Å². The second-order valence-electron chi connectivity index (χ2n) is 2.42. The molecule has 62 valence electrons. The largest absolute Gasteiger partial charge is 0.339 e. The lowest BCUT2D eigenvalue weighted by Crippen LogP contribution is -1.87. The van der Waals surface area contributed by atoms with Crippen molar-refractivity contribution in [2.24, 2.45) is 0 Å². The molecule has 0 unspecified atom stereocenters. The van der Waals surface area contributed by atoms with E-state index in [1.165, 1.54) is 6.33 Å². The fraction of sp³-hybridized carbons (Fsp3) is 0.286. The lowest BCUT2D eigenvalue weighted by molar-refractivity contribution is 1.01. The van der Waals surface area contributed by atoms with Crippen molar-refractivity contribution in [2.75, 3.05) is 5.75 Å². The number of nitrogens with one attached hydrogen (secondary N) is 1. The number of aromatic amines is 1. The van der Waals surface area contributed by atoms with Crippen molar-refractivity contribution in [3.05, 3.63) is 18.3 Å². The maximum atomic E-state index is 4.25. The van der Waals surface area contributed by atoms with Gasteiger partial charge < -0.3 is 4.98 Å². The van der Waals surface area contributed by atoms with Crippen LogP contribution in [0.4, 0.5) is 0 Å². The van der Waals surface area contributed by atoms with Gasteiger partial charge in [-0.2, -0.15) is 12.6 Å². The summed E-state index contributed by atoms with van der Waals surface area (Å²) in [7, 11) is 0. The predicted octanol–water partition coefficient (Wildman–Crippen LogP) is 0.825. The minimum atomic E-state index is 0.724. The summed E-state index contributed by atoms with van der Waals surface area (Å²) < 4.78 is 0. The third-order valence-electron chi connectivity index (χ3n) is 1.56. The van der Waals surface area contributed by atoms with Crippen LogP contribution in [-0.2, 0) is 6.42 Å². The quantitative estimate of drug-likeness (QED) is 0.673. The summed E-state index contributed by atoms with van der Waals surface area (Å²) in [6.07, 6.45) is 4.05. The van der Waals surface area contributed by atoms with Crippen molar-refractivity contribution < 1.29 is 0 Å². The van der Waals surface area contributed by atoms with Gasteiger partial charge in [0.05, 0.1) is 6.20 Å². The van der Waals surface area contributed by atoms with E-state index in [1.54, 1.807) is 6.20 Å². The highest BCUT2D eigenvalue weighted by Crippen LogP contribution is 2.06. The molecule has 0 amide bonds. The molecule has 0 atom stereocenters. The summed E-state index contributed by atoms with van der Waals surface area (Å²) in [5.74, 6) is 1.70. The highest BCUT2D eigenvalue weighted by atomic mass is 32.1. The molecule has 5 heteroatoms. The predicted molar refractivity (Wildman–Crippen MR) is 49.2 cm³/mol. The van der Waals surface area contributed by atoms with Crippen LogP contribution in [0.1, 0.15) is 5.82 Å². The zero-order valence-electron chi connectivity index (χ0n) is 6.36. The molecule has 2 rings (SSSR count). The van der Waals surface area contributed by atoms with Gasteiger partial charge in [0.15, 0.2) is 5.65 Å². The fourth-order valence-electron chi connectivity index (χ4n) is 1.04. The van der Waals surface area contributed by atoms with Crippen molar-refractivity contribution in [3.8, 4) is 0 Å². The van der Waals surface area contributed by atoms with Crippen molar-refractivity contribution in [1.82, 2.24) is 19.9 Å². The normalized spacial score (nSPS) is 10.8. The van der Waals surface area contributed by atoms with E-state index in [2.05, 4.69) is 32.6 Å². The Morgan fingerprint density at radius 2 is 2.42 bits per heavy atom. The van der Waals surface area contributed by atoms with Crippen LogP contribution in [-0.4, -0.2) is 25.7 Å². The number of aryl methyl sites for hydroxylation is 1. The Bertz CT molecular complexity index is 351. The lowest BCUT2D eigenvalue weighted by Gasteiger charge is -1.85. The Balaban J connectivity index is 2.47. The second kappa shape index (κ2) is 3.10. The fourth-order valence-corrected chi connectivity index (χ4v) is 1.25. The van der Waals surface area contributed by atoms with Crippen molar-refractivity contribution in [3.63, 3.8) is 0 Å². The average Bonchev–Trinajstić information content (AvgIpc) is 2.47. The SMILES string of the molecule is SCCc1nc2ncncc2[nH]1. The van der Waals surface area contributed by atoms with E-state index < -0.39 is 0 Å². The topological polar surface area (TPSA) is 54.5 Å². The monoisotopic (exact) mass is 180 g/mol. The third-order valence-corrected chi connectivity index (χ3v) is 1.78. The van der Waals surface area contributed by atoms with Crippen LogP contribution in [0.5, 0.6) is 0 Å². The Hall–Kier alpha value is -1.10. The molecular weight excluding hydrogens is 172 g/mol. The molecule has 0 radical (unpaired) electrons. The van der Waals surface area contributed by atoms with Crippen LogP contribution >= 0.6 is 12.6 Å². The van der Waals surface area contributed by atoms with Crippen LogP contribution in [0, 0.1) is 0 Å². The number of rotatable bonds is 2. The van der Waals surface area contributed by atoms with Crippen molar-refractivity contribution in [1.29, 1.82) is 0 Å². The number of H-pyrrole nitrogens is 1. The van der Waals surface area contributed by atoms with Gasteiger partial charge in [-0.1, -0.05) is 0 Å². The van der Waals surface area contributed by atoms with Crippen molar-refractivity contribution in [2.45, 2.75) is 6.42 Å². The average molecular weight is 180 g/mol. The van der Waals surface area contributed by atoms with E-state index in [4.69, 9.17) is 0 Å². The smallest absolute Gasteiger partial charge is 0.180 e. The highest BCUT2D eigenvalue weighted by Gasteiger charge is 2.01. The number of nitrogens with zero attached hydrogens (tertiary/aromatic N) is 3. The first-order valence-corrected chi connectivity index (χ1v) is 4.29. The minimum Gasteiger partial charge on any atom is -0.339 e. The molecule has 0 fully saturated rings. The van der Waals surface area contributed by atoms with Crippen LogP contribution < -0.4 is 0 Å². The standard InChI is InChI=1S/C7H8N4S/c12-2-1-6-10-5-3-8-4-9-7(5)11-6/h3-4,12H,1-2H2,(H,8,9,10,11). The summed E-state index contributed by atoms with van der Waals surface area (Å²) in [5.41, 5.74) is 1.61. The molecule has 0 saturated carbocycles. The summed E-state index contributed by atoms with van der Waals surface area (Å²) in [5, 5.41) is 0. The maximum Gasteiger partial charge on any atom is 0.180 e. The Morgan fingerprint density at radius 3 is 3.17 bits per heavy atom. The minimum absolute atomic E-state index is 0.724. The van der Waals surface area contributed by atoms with Crippen LogP contribution in [0.25, 0.3) is 11.2 Å². The number of aromatic nitrogens is 4. The van der Waals surface area contributed by atoms with Crippen LogP contribution in [0.15, 0.2) is 12.5 Å². The van der Waals surface area contributed by atoms with E-state index in [0.717, 1.165) is 29.2 Å². The van der Waals surface area contributed by atoms with Crippen LogP contribution in [0.2, 0.25) is 0 Å². The zero-order valence-corrected chi connectivity index (χ0v) is 7.25. The highest BCUT2D eigenvalue weighted by molar-refractivity contribution is 7.80. The first-order chi connectivity index (χ1) is 5.90. The first-order valence-electron chi connectivity index (χ1n) is 3.65. The van der Waals surface area contributed by atoms with Gasteiger partial charge in [-0.05, 0) is 5.75 Å². The van der Waals surface area contributed by atoms with Gasteiger partial charge in [-0.15, -0.1) is 0 Å². The number of fused-ring (bicyclic) bond motifs is 1. The number of hydrogen-bond acceptors (Lipinski definition) is 4. The summed E-state index contributed by atoms with van der Waals surface area (Å²) in [6, 6.07) is 0. The molecule has 0 spiro atoms. The molecule has 0 aromatic carbocycles. The number of imidazole rings is 1. The van der Waals surface area contributed by atoms with Crippen LogP contribution in [0.3, 0.4) is 0 Å². The number of thiol groups is 1. The summed E-state index contributed by atoms with van der Waals surface area (Å²) in [4.78, 5) is 15.2. The molecule has 4 nitrogen and oxygen atoms in total. The van der Waals surface area contributed by atoms with E-state index in [0.29, 0.717) is 0 Å². The molecule has 0 aliphatic heterocycles. The third kappa shape index (κ3) is 1.27. The van der Waals surface area contributed by atoms with Gasteiger partial charge in [0.2, 0.25) is 0 Å². The molecule has 0 aliphatic carbocycles. The lowest BCUT2D eigenvalue weighted by atomic mass is 10.5. The Morgan fingerprint density at radius 1 is 1.50 bits per heavy atom. The molecule has 0 aliphatic rings. The van der Waals surface area contributed by atoms with Gasteiger partial charge in [-0.25, -0.2) is 15.0 Å². The van der Waals surface area contributed by atoms with Gasteiger partial charge >= 0.3 is 0 Å². The maximum absolute atomic E-state index is 4.25. The zero-order chi connectivity index (χ0) is 8.39.